The van der Waals surface area contributed by atoms with Crippen LogP contribution in [0.4, 0.5) is 0 Å². The summed E-state index contributed by atoms with van der Waals surface area (Å²) >= 11 is 12.2. The van der Waals surface area contributed by atoms with Crippen LogP contribution in [0.15, 0.2) is 30.7 Å². The van der Waals surface area contributed by atoms with E-state index in [2.05, 4.69) is 19.9 Å². The van der Waals surface area contributed by atoms with E-state index in [4.69, 9.17) is 23.2 Å². The summed E-state index contributed by atoms with van der Waals surface area (Å²) in [5.41, 5.74) is 3.29. The highest BCUT2D eigenvalue weighted by molar-refractivity contribution is 7.88. The molecule has 4 aromatic rings. The van der Waals surface area contributed by atoms with Crippen LogP contribution in [-0.2, 0) is 22.9 Å². The zero-order valence-corrected chi connectivity index (χ0v) is 25.1. The van der Waals surface area contributed by atoms with Gasteiger partial charge in [0.1, 0.15) is 23.9 Å². The molecule has 220 valence electrons. The molecule has 3 aromatic heterocycles. The van der Waals surface area contributed by atoms with Crippen molar-refractivity contribution in [2.45, 2.75) is 63.2 Å². The van der Waals surface area contributed by atoms with Gasteiger partial charge in [-0.15, -0.1) is 0 Å². The van der Waals surface area contributed by atoms with Crippen molar-refractivity contribution in [2.75, 3.05) is 19.3 Å². The second-order valence-corrected chi connectivity index (χ2v) is 14.3. The van der Waals surface area contributed by atoms with Crippen molar-refractivity contribution < 1.29 is 18.6 Å². The van der Waals surface area contributed by atoms with Gasteiger partial charge in [0, 0.05) is 37.0 Å². The molecule has 13 heteroatoms. The first-order valence-corrected chi connectivity index (χ1v) is 16.6. The lowest BCUT2D eigenvalue weighted by atomic mass is 10.1. The Labute approximate surface area is 248 Å². The third-order valence-corrected chi connectivity index (χ3v) is 10.4. The first kappa shape index (κ1) is 28.8. The number of aromatic amines is 1. The molecule has 2 aliphatic carbocycles. The molecule has 0 spiro atoms. The third-order valence-electron chi connectivity index (χ3n) is 8.45. The van der Waals surface area contributed by atoms with E-state index in [-0.39, 0.29) is 6.54 Å². The van der Waals surface area contributed by atoms with Gasteiger partial charge in [0.15, 0.2) is 0 Å². The van der Waals surface area contributed by atoms with Crippen LogP contribution in [0.5, 0.6) is 0 Å². The largest absolute Gasteiger partial charge is 0.390 e. The normalized spacial score (nSPS) is 23.4. The average Bonchev–Trinajstić information content (AvgIpc) is 3.38. The summed E-state index contributed by atoms with van der Waals surface area (Å²) in [6.45, 7) is 0.446. The molecule has 0 saturated heterocycles. The fourth-order valence-corrected chi connectivity index (χ4v) is 7.26. The van der Waals surface area contributed by atoms with Crippen LogP contribution >= 0.6 is 23.2 Å². The molecule has 0 unspecified atom stereocenters. The van der Waals surface area contributed by atoms with Crippen LogP contribution in [-0.4, -0.2) is 79.0 Å². The summed E-state index contributed by atoms with van der Waals surface area (Å²) in [5, 5.41) is 23.9. The van der Waals surface area contributed by atoms with E-state index in [1.54, 1.807) is 18.5 Å². The van der Waals surface area contributed by atoms with Gasteiger partial charge < -0.3 is 19.8 Å². The number of rotatable bonds is 11. The number of imidazole rings is 1. The van der Waals surface area contributed by atoms with Crippen molar-refractivity contribution in [1.82, 2.24) is 28.8 Å². The lowest BCUT2D eigenvalue weighted by molar-refractivity contribution is 0.00403. The van der Waals surface area contributed by atoms with Crippen LogP contribution in [0.2, 0.25) is 10.0 Å². The van der Waals surface area contributed by atoms with Crippen molar-refractivity contribution >= 4 is 55.3 Å². The number of nitrogens with zero attached hydrogens (tertiary/aromatic N) is 5. The highest BCUT2D eigenvalue weighted by Crippen LogP contribution is 2.39. The number of H-pyrrole nitrogens is 1. The molecule has 0 radical (unpaired) electrons. The smallest absolute Gasteiger partial charge is 0.211 e. The highest BCUT2D eigenvalue weighted by atomic mass is 35.5. The van der Waals surface area contributed by atoms with Gasteiger partial charge in [0.25, 0.3) is 0 Å². The maximum Gasteiger partial charge on any atom is 0.211 e. The molecule has 10 nitrogen and oxygen atoms in total. The van der Waals surface area contributed by atoms with Crippen molar-refractivity contribution in [3.05, 3.63) is 52.3 Å². The van der Waals surface area contributed by atoms with Crippen LogP contribution in [0.3, 0.4) is 0 Å². The summed E-state index contributed by atoms with van der Waals surface area (Å²) in [5.74, 6) is 1.04. The van der Waals surface area contributed by atoms with Crippen LogP contribution in [0, 0.1) is 11.8 Å². The van der Waals surface area contributed by atoms with Gasteiger partial charge in [-0.2, -0.15) is 0 Å². The zero-order chi connectivity index (χ0) is 28.9. The second-order valence-electron chi connectivity index (χ2n) is 11.5. The molecule has 2 saturated carbocycles. The fourth-order valence-electron chi connectivity index (χ4n) is 6.02. The number of benzene rings is 1. The van der Waals surface area contributed by atoms with Gasteiger partial charge in [-0.1, -0.05) is 23.2 Å². The van der Waals surface area contributed by atoms with Gasteiger partial charge in [-0.3, -0.25) is 0 Å². The number of aliphatic hydroxyl groups is 2. The number of aliphatic hydroxyl groups excluding tert-OH is 2. The average molecular weight is 622 g/mol. The summed E-state index contributed by atoms with van der Waals surface area (Å²) < 4.78 is 28.7. The quantitative estimate of drug-likeness (QED) is 0.214. The SMILES string of the molecule is CS(=O)(=O)N(CCCCc1nc2cc(Cl)c(Cl)cc2[nH]1)C[C@@H]1C[C@@H](n2ccc3c(CC4CC4)ncnc32)[C@H](O)[C@@H]1O. The Balaban J connectivity index is 1.10. The molecule has 4 atom stereocenters. The summed E-state index contributed by atoms with van der Waals surface area (Å²) in [6.07, 6.45) is 8.33. The van der Waals surface area contributed by atoms with Gasteiger partial charge >= 0.3 is 0 Å². The van der Waals surface area contributed by atoms with Crippen molar-refractivity contribution in [3.63, 3.8) is 0 Å². The monoisotopic (exact) mass is 620 g/mol. The predicted molar refractivity (Wildman–Crippen MR) is 159 cm³/mol. The second kappa shape index (κ2) is 11.4. The molecule has 0 bridgehead atoms. The lowest BCUT2D eigenvalue weighted by Gasteiger charge is -2.25. The van der Waals surface area contributed by atoms with Crippen LogP contribution < -0.4 is 0 Å². The molecular weight excluding hydrogens is 587 g/mol. The van der Waals surface area contributed by atoms with Crippen LogP contribution in [0.25, 0.3) is 22.1 Å². The molecule has 3 N–H and O–H groups in total. The van der Waals surface area contributed by atoms with Gasteiger partial charge in [0.05, 0.1) is 45.2 Å². The minimum Gasteiger partial charge on any atom is -0.390 e. The number of hydrogen-bond acceptors (Lipinski definition) is 7. The summed E-state index contributed by atoms with van der Waals surface area (Å²) in [4.78, 5) is 16.8. The number of unbranched alkanes of at least 4 members (excludes halogenated alkanes) is 1. The van der Waals surface area contributed by atoms with E-state index in [1.807, 2.05) is 16.8 Å². The fraction of sp³-hybridized carbons (Fsp3) is 0.536. The molecule has 1 aromatic carbocycles. The van der Waals surface area contributed by atoms with E-state index in [1.165, 1.54) is 23.4 Å². The first-order valence-electron chi connectivity index (χ1n) is 14.0. The first-order chi connectivity index (χ1) is 19.6. The predicted octanol–water partition coefficient (Wildman–Crippen LogP) is 4.13. The van der Waals surface area contributed by atoms with Gasteiger partial charge in [-0.05, 0) is 62.6 Å². The topological polar surface area (TPSA) is 137 Å². The van der Waals surface area contributed by atoms with Crippen LogP contribution in [0.1, 0.15) is 49.7 Å². The molecule has 0 amide bonds. The number of sulfonamides is 1. The Morgan fingerprint density at radius 2 is 1.90 bits per heavy atom. The molecule has 2 aliphatic rings. The Morgan fingerprint density at radius 1 is 1.12 bits per heavy atom. The molecule has 3 heterocycles. The van der Waals surface area contributed by atoms with Gasteiger partial charge in [0.2, 0.25) is 10.0 Å². The summed E-state index contributed by atoms with van der Waals surface area (Å²) in [6, 6.07) is 5.03. The molecule has 0 aliphatic heterocycles. The minimum absolute atomic E-state index is 0.135. The maximum absolute atomic E-state index is 12.7. The minimum atomic E-state index is -3.53. The Bertz CT molecular complexity index is 1630. The number of nitrogens with one attached hydrogen (secondary N) is 1. The Hall–Kier alpha value is -2.28. The van der Waals surface area contributed by atoms with E-state index in [0.29, 0.717) is 48.2 Å². The van der Waals surface area contributed by atoms with E-state index in [9.17, 15) is 18.6 Å². The number of fused-ring (bicyclic) bond motifs is 2. The third kappa shape index (κ3) is 6.11. The number of aromatic nitrogens is 5. The highest BCUT2D eigenvalue weighted by Gasteiger charge is 2.44. The van der Waals surface area contributed by atoms with Crippen molar-refractivity contribution in [1.29, 1.82) is 0 Å². The van der Waals surface area contributed by atoms with E-state index in [0.717, 1.165) is 40.0 Å². The lowest BCUT2D eigenvalue weighted by Crippen LogP contribution is -2.39. The van der Waals surface area contributed by atoms with Crippen molar-refractivity contribution in [3.8, 4) is 0 Å². The molecule has 41 heavy (non-hydrogen) atoms. The van der Waals surface area contributed by atoms with Crippen molar-refractivity contribution in [2.24, 2.45) is 11.8 Å². The summed E-state index contributed by atoms with van der Waals surface area (Å²) in [7, 11) is -3.53. The standard InChI is InChI=1S/C28H34Cl2N6O4S/c1-41(39,40)35(8-3-2-4-25-33-22-12-19(29)20(30)13-23(22)34-25)14-17-11-24(27(38)26(17)37)36-9-7-18-21(10-16-5-6-16)31-15-32-28(18)36/h7,9,12-13,15-17,24,26-27,37-38H,2-6,8,10-11,14H2,1H3,(H,33,34)/t17-,24+,26+,27-/m0/s1. The molecule has 2 fully saturated rings. The van der Waals surface area contributed by atoms with E-state index >= 15 is 0 Å². The zero-order valence-electron chi connectivity index (χ0n) is 22.7. The van der Waals surface area contributed by atoms with E-state index < -0.39 is 34.2 Å². The molecular formula is C28H34Cl2N6O4S. The number of hydrogen-bond donors (Lipinski definition) is 3. The Morgan fingerprint density at radius 3 is 2.66 bits per heavy atom. The number of aryl methyl sites for hydroxylation is 1. The number of halogens is 2. The maximum atomic E-state index is 12.7. The molecule has 6 rings (SSSR count). The van der Waals surface area contributed by atoms with Gasteiger partial charge in [-0.25, -0.2) is 27.7 Å². The Kier molecular flexibility index (Phi) is 8.03.